The zero-order valence-corrected chi connectivity index (χ0v) is 19.4. The average Bonchev–Trinajstić information content (AvgIpc) is 2.84. The number of benzene rings is 3. The van der Waals surface area contributed by atoms with E-state index < -0.39 is 10.0 Å². The van der Waals surface area contributed by atoms with Gasteiger partial charge in [-0.25, -0.2) is 8.42 Å². The molecule has 4 rings (SSSR count). The van der Waals surface area contributed by atoms with Crippen LogP contribution in [0.5, 0.6) is 5.75 Å². The van der Waals surface area contributed by atoms with Crippen LogP contribution in [0.25, 0.3) is 0 Å². The third-order valence-corrected chi connectivity index (χ3v) is 7.73. The van der Waals surface area contributed by atoms with Crippen LogP contribution in [-0.2, 0) is 27.8 Å². The van der Waals surface area contributed by atoms with E-state index in [4.69, 9.17) is 4.74 Å². The molecule has 0 aromatic heterocycles. The first-order chi connectivity index (χ1) is 16.0. The van der Waals surface area contributed by atoms with Crippen LogP contribution < -0.4 is 10.1 Å². The summed E-state index contributed by atoms with van der Waals surface area (Å²) in [6.07, 6.45) is 2.82. The molecule has 3 aromatic rings. The second kappa shape index (κ2) is 10.2. The van der Waals surface area contributed by atoms with Crippen molar-refractivity contribution in [1.29, 1.82) is 0 Å². The van der Waals surface area contributed by atoms with Crippen LogP contribution in [0.4, 0.5) is 0 Å². The lowest BCUT2D eigenvalue weighted by atomic mass is 9.88. The molecule has 33 heavy (non-hydrogen) atoms. The van der Waals surface area contributed by atoms with Gasteiger partial charge in [0.2, 0.25) is 15.9 Å². The number of rotatable bonds is 8. The predicted molar refractivity (Wildman–Crippen MR) is 127 cm³/mol. The summed E-state index contributed by atoms with van der Waals surface area (Å²) in [5, 5.41) is 3.07. The third kappa shape index (κ3) is 5.43. The fourth-order valence-corrected chi connectivity index (χ4v) is 5.60. The van der Waals surface area contributed by atoms with E-state index in [1.165, 1.54) is 29.1 Å². The maximum Gasteiger partial charge on any atom is 0.243 e. The summed E-state index contributed by atoms with van der Waals surface area (Å²) in [7, 11) is -2.38. The molecule has 1 unspecified atom stereocenters. The van der Waals surface area contributed by atoms with Gasteiger partial charge in [-0.15, -0.1) is 0 Å². The number of nitrogens with zero attached hydrogens (tertiary/aromatic N) is 1. The maximum absolute atomic E-state index is 13.5. The van der Waals surface area contributed by atoms with E-state index in [-0.39, 0.29) is 29.9 Å². The molecular weight excluding hydrogens is 436 g/mol. The lowest BCUT2D eigenvalue weighted by molar-refractivity contribution is -0.122. The molecule has 1 N–H and O–H groups in total. The molecule has 172 valence electrons. The summed E-state index contributed by atoms with van der Waals surface area (Å²) in [5.41, 5.74) is 3.16. The van der Waals surface area contributed by atoms with Gasteiger partial charge in [0.25, 0.3) is 0 Å². The summed E-state index contributed by atoms with van der Waals surface area (Å²) >= 11 is 0. The van der Waals surface area contributed by atoms with E-state index >= 15 is 0 Å². The Balaban J connectivity index is 1.56. The summed E-state index contributed by atoms with van der Waals surface area (Å²) in [5.74, 6) is 0.252. The Labute approximate surface area is 195 Å². The SMILES string of the molecule is COc1ccc(S(=O)(=O)N(CC(=O)NC2CCCc3ccccc32)Cc2ccccc2)cc1. The minimum atomic E-state index is -3.90. The molecule has 0 fully saturated rings. The van der Waals surface area contributed by atoms with Crippen molar-refractivity contribution in [2.45, 2.75) is 36.7 Å². The molecular formula is C26H28N2O4S. The van der Waals surface area contributed by atoms with Gasteiger partial charge in [-0.05, 0) is 60.2 Å². The highest BCUT2D eigenvalue weighted by atomic mass is 32.2. The van der Waals surface area contributed by atoms with E-state index in [9.17, 15) is 13.2 Å². The van der Waals surface area contributed by atoms with Gasteiger partial charge in [-0.2, -0.15) is 4.31 Å². The number of hydrogen-bond acceptors (Lipinski definition) is 4. The zero-order chi connectivity index (χ0) is 23.3. The van der Waals surface area contributed by atoms with Crippen molar-refractivity contribution in [3.8, 4) is 5.75 Å². The van der Waals surface area contributed by atoms with Gasteiger partial charge in [0, 0.05) is 6.54 Å². The van der Waals surface area contributed by atoms with Crippen molar-refractivity contribution in [2.24, 2.45) is 0 Å². The first-order valence-electron chi connectivity index (χ1n) is 11.0. The zero-order valence-electron chi connectivity index (χ0n) is 18.6. The Morgan fingerprint density at radius 1 is 1.00 bits per heavy atom. The van der Waals surface area contributed by atoms with Crippen LogP contribution in [0.2, 0.25) is 0 Å². The van der Waals surface area contributed by atoms with E-state index in [0.717, 1.165) is 30.4 Å². The maximum atomic E-state index is 13.5. The number of sulfonamides is 1. The topological polar surface area (TPSA) is 75.7 Å². The van der Waals surface area contributed by atoms with Gasteiger partial charge in [-0.1, -0.05) is 54.6 Å². The molecule has 0 spiro atoms. The van der Waals surface area contributed by atoms with Crippen molar-refractivity contribution in [2.75, 3.05) is 13.7 Å². The molecule has 6 nitrogen and oxygen atoms in total. The number of aryl methyl sites for hydroxylation is 1. The minimum absolute atomic E-state index is 0.101. The van der Waals surface area contributed by atoms with Gasteiger partial charge >= 0.3 is 0 Å². The highest BCUT2D eigenvalue weighted by molar-refractivity contribution is 7.89. The van der Waals surface area contributed by atoms with E-state index in [2.05, 4.69) is 11.4 Å². The van der Waals surface area contributed by atoms with Crippen molar-refractivity contribution in [3.05, 3.63) is 95.6 Å². The highest BCUT2D eigenvalue weighted by Crippen LogP contribution is 2.29. The van der Waals surface area contributed by atoms with Crippen molar-refractivity contribution in [3.63, 3.8) is 0 Å². The second-order valence-corrected chi connectivity index (χ2v) is 10.1. The number of ether oxygens (including phenoxy) is 1. The van der Waals surface area contributed by atoms with E-state index in [0.29, 0.717) is 5.75 Å². The lowest BCUT2D eigenvalue weighted by Crippen LogP contribution is -2.42. The summed E-state index contributed by atoms with van der Waals surface area (Å²) in [6, 6.07) is 23.5. The Hall–Kier alpha value is -3.16. The van der Waals surface area contributed by atoms with Crippen molar-refractivity contribution < 1.29 is 17.9 Å². The van der Waals surface area contributed by atoms with Crippen LogP contribution >= 0.6 is 0 Å². The van der Waals surface area contributed by atoms with Crippen molar-refractivity contribution >= 4 is 15.9 Å². The molecule has 3 aromatic carbocycles. The Morgan fingerprint density at radius 3 is 2.42 bits per heavy atom. The standard InChI is InChI=1S/C26H28N2O4S/c1-32-22-14-16-23(17-15-22)33(30,31)28(18-20-8-3-2-4-9-20)19-26(29)27-25-13-7-11-21-10-5-6-12-24(21)25/h2-6,8-10,12,14-17,25H,7,11,13,18-19H2,1H3,(H,27,29). The van der Waals surface area contributed by atoms with Gasteiger partial charge in [0.05, 0.1) is 24.6 Å². The molecule has 0 bridgehead atoms. The van der Waals surface area contributed by atoms with Gasteiger partial charge < -0.3 is 10.1 Å². The first-order valence-corrected chi connectivity index (χ1v) is 12.5. The molecule has 0 saturated carbocycles. The second-order valence-electron chi connectivity index (χ2n) is 8.15. The number of amides is 1. The number of carbonyl (C=O) groups is 1. The number of fused-ring (bicyclic) bond motifs is 1. The Bertz CT molecular complexity index is 1190. The molecule has 0 aliphatic heterocycles. The molecule has 0 saturated heterocycles. The fourth-order valence-electron chi connectivity index (χ4n) is 4.21. The molecule has 1 aliphatic carbocycles. The van der Waals surface area contributed by atoms with Crippen LogP contribution in [0, 0.1) is 0 Å². The van der Waals surface area contributed by atoms with Crippen LogP contribution in [0.1, 0.15) is 35.6 Å². The van der Waals surface area contributed by atoms with Crippen LogP contribution in [0.3, 0.4) is 0 Å². The monoisotopic (exact) mass is 464 g/mol. The number of nitrogens with one attached hydrogen (secondary N) is 1. The van der Waals surface area contributed by atoms with Crippen LogP contribution in [-0.4, -0.2) is 32.3 Å². The number of methoxy groups -OCH3 is 1. The molecule has 1 amide bonds. The fraction of sp³-hybridized carbons (Fsp3) is 0.269. The van der Waals surface area contributed by atoms with Gasteiger partial charge in [-0.3, -0.25) is 4.79 Å². The summed E-state index contributed by atoms with van der Waals surface area (Å²) in [6.45, 7) is -0.161. The minimum Gasteiger partial charge on any atom is -0.497 e. The smallest absolute Gasteiger partial charge is 0.243 e. The van der Waals surface area contributed by atoms with Crippen molar-refractivity contribution in [1.82, 2.24) is 9.62 Å². The lowest BCUT2D eigenvalue weighted by Gasteiger charge is -2.28. The molecule has 1 atom stereocenters. The molecule has 0 radical (unpaired) electrons. The first kappa shape index (κ1) is 23.0. The molecule has 7 heteroatoms. The summed E-state index contributed by atoms with van der Waals surface area (Å²) < 4.78 is 33.3. The molecule has 0 heterocycles. The normalized spacial score (nSPS) is 15.6. The van der Waals surface area contributed by atoms with Crippen LogP contribution in [0.15, 0.2) is 83.8 Å². The highest BCUT2D eigenvalue weighted by Gasteiger charge is 2.29. The largest absolute Gasteiger partial charge is 0.497 e. The van der Waals surface area contributed by atoms with E-state index in [1.54, 1.807) is 12.1 Å². The number of carbonyl (C=O) groups excluding carboxylic acids is 1. The quantitative estimate of drug-likeness (QED) is 0.545. The Kier molecular flexibility index (Phi) is 7.11. The van der Waals surface area contributed by atoms with Gasteiger partial charge in [0.1, 0.15) is 5.75 Å². The number of hydrogen-bond donors (Lipinski definition) is 1. The molecule has 1 aliphatic rings. The Morgan fingerprint density at radius 2 is 1.70 bits per heavy atom. The summed E-state index contributed by atoms with van der Waals surface area (Å²) in [4.78, 5) is 13.2. The predicted octanol–water partition coefficient (Wildman–Crippen LogP) is 4.08. The van der Waals surface area contributed by atoms with E-state index in [1.807, 2.05) is 48.5 Å². The third-order valence-electron chi connectivity index (χ3n) is 5.92. The van der Waals surface area contributed by atoms with Gasteiger partial charge in [0.15, 0.2) is 0 Å². The average molecular weight is 465 g/mol.